The molecule has 0 spiro atoms. The summed E-state index contributed by atoms with van der Waals surface area (Å²) < 4.78 is 11.3. The zero-order chi connectivity index (χ0) is 26.6. The first kappa shape index (κ1) is 27.5. The normalized spacial score (nSPS) is 19.4. The van der Waals surface area contributed by atoms with Gasteiger partial charge in [-0.05, 0) is 71.6 Å². The minimum atomic E-state index is -1.04. The molecule has 1 N–H and O–H groups in total. The maximum atomic E-state index is 14.1. The number of carbonyl (C=O) groups excluding carboxylic acids is 2. The van der Waals surface area contributed by atoms with Crippen LogP contribution in [0.1, 0.15) is 69.8 Å². The van der Waals surface area contributed by atoms with Gasteiger partial charge in [0, 0.05) is 45.0 Å². The maximum Gasteiger partial charge on any atom is 0.407 e. The molecule has 0 saturated carbocycles. The number of piperidine rings is 1. The largest absolute Gasteiger partial charge is 0.476 e. The highest BCUT2D eigenvalue weighted by atomic mass is 16.5. The van der Waals surface area contributed by atoms with E-state index in [0.717, 1.165) is 6.42 Å². The molecule has 0 radical (unpaired) electrons. The number of carboxylic acid groups (broad SMARTS) is 1. The van der Waals surface area contributed by atoms with Crippen molar-refractivity contribution in [1.29, 1.82) is 0 Å². The van der Waals surface area contributed by atoms with Gasteiger partial charge in [0.15, 0.2) is 5.60 Å². The molecule has 0 unspecified atom stereocenters. The highest BCUT2D eigenvalue weighted by Crippen LogP contribution is 2.41. The van der Waals surface area contributed by atoms with E-state index in [1.807, 2.05) is 39.0 Å². The van der Waals surface area contributed by atoms with Crippen LogP contribution in [0.5, 0.6) is 5.75 Å². The fourth-order valence-electron chi connectivity index (χ4n) is 5.04. The number of rotatable bonds is 8. The van der Waals surface area contributed by atoms with Crippen LogP contribution in [0.3, 0.4) is 0 Å². The predicted octanol–water partition coefficient (Wildman–Crippen LogP) is 4.25. The van der Waals surface area contributed by atoms with Gasteiger partial charge in [0.2, 0.25) is 0 Å². The number of anilines is 1. The molecule has 1 saturated heterocycles. The first-order valence-corrected chi connectivity index (χ1v) is 12.6. The van der Waals surface area contributed by atoms with E-state index in [1.165, 1.54) is 4.90 Å². The Morgan fingerprint density at radius 2 is 2.06 bits per heavy atom. The number of fused-ring (bicyclic) bond motifs is 1. The first-order chi connectivity index (χ1) is 17.0. The number of amides is 3. The number of likely N-dealkylation sites (tertiary alicyclic amines) is 1. The van der Waals surface area contributed by atoms with E-state index in [9.17, 15) is 19.5 Å². The second-order valence-corrected chi connectivity index (χ2v) is 10.2. The SMILES string of the molecule is C/C=C/c1cc2c(cc1C(=O)N(C(C)C)[C@@H]1CCCN(C(=O)O)C1)N(CCCOC)C(=O)C(C)(C)O2. The minimum Gasteiger partial charge on any atom is -0.476 e. The summed E-state index contributed by atoms with van der Waals surface area (Å²) in [6, 6.07) is 3.20. The highest BCUT2D eigenvalue weighted by Gasteiger charge is 2.42. The van der Waals surface area contributed by atoms with Crippen molar-refractivity contribution in [2.24, 2.45) is 0 Å². The van der Waals surface area contributed by atoms with Crippen LogP contribution in [0.25, 0.3) is 6.08 Å². The van der Waals surface area contributed by atoms with E-state index >= 15 is 0 Å². The van der Waals surface area contributed by atoms with E-state index in [2.05, 4.69) is 0 Å². The van der Waals surface area contributed by atoms with Crippen LogP contribution >= 0.6 is 0 Å². The maximum absolute atomic E-state index is 14.1. The second-order valence-electron chi connectivity index (χ2n) is 10.2. The Labute approximate surface area is 213 Å². The number of methoxy groups -OCH3 is 1. The predicted molar refractivity (Wildman–Crippen MR) is 139 cm³/mol. The molecular weight excluding hydrogens is 462 g/mol. The summed E-state index contributed by atoms with van der Waals surface area (Å²) >= 11 is 0. The van der Waals surface area contributed by atoms with E-state index in [0.29, 0.717) is 55.1 Å². The van der Waals surface area contributed by atoms with Crippen LogP contribution in [0, 0.1) is 0 Å². The van der Waals surface area contributed by atoms with E-state index in [1.54, 1.807) is 36.8 Å². The smallest absolute Gasteiger partial charge is 0.407 e. The number of allylic oxidation sites excluding steroid dienone is 1. The van der Waals surface area contributed by atoms with Crippen molar-refractivity contribution in [2.75, 3.05) is 38.3 Å². The lowest BCUT2D eigenvalue weighted by Gasteiger charge is -2.41. The Morgan fingerprint density at radius 3 is 2.67 bits per heavy atom. The van der Waals surface area contributed by atoms with E-state index in [-0.39, 0.29) is 30.4 Å². The van der Waals surface area contributed by atoms with Crippen LogP contribution < -0.4 is 9.64 Å². The molecule has 9 heteroatoms. The van der Waals surface area contributed by atoms with E-state index in [4.69, 9.17) is 9.47 Å². The van der Waals surface area contributed by atoms with Gasteiger partial charge >= 0.3 is 6.09 Å². The molecule has 0 aliphatic carbocycles. The quantitative estimate of drug-likeness (QED) is 0.535. The molecule has 2 aliphatic heterocycles. The summed E-state index contributed by atoms with van der Waals surface area (Å²) in [6.45, 7) is 10.9. The molecule has 1 atom stereocenters. The van der Waals surface area contributed by atoms with Gasteiger partial charge < -0.3 is 29.3 Å². The lowest BCUT2D eigenvalue weighted by atomic mass is 9.96. The van der Waals surface area contributed by atoms with Gasteiger partial charge in [0.05, 0.1) is 11.7 Å². The molecule has 3 rings (SSSR count). The fourth-order valence-corrected chi connectivity index (χ4v) is 5.04. The molecule has 3 amide bonds. The van der Waals surface area contributed by atoms with Crippen molar-refractivity contribution in [3.8, 4) is 5.75 Å². The van der Waals surface area contributed by atoms with Crippen LogP contribution in [0.2, 0.25) is 0 Å². The number of hydrogen-bond acceptors (Lipinski definition) is 5. The van der Waals surface area contributed by atoms with Crippen LogP contribution in [0.4, 0.5) is 10.5 Å². The molecule has 9 nitrogen and oxygen atoms in total. The molecular formula is C27H39N3O6. The number of benzene rings is 1. The number of ether oxygens (including phenoxy) is 2. The monoisotopic (exact) mass is 501 g/mol. The number of nitrogens with zero attached hydrogens (tertiary/aromatic N) is 3. The molecule has 0 aromatic heterocycles. The van der Waals surface area contributed by atoms with Crippen molar-refractivity contribution in [3.63, 3.8) is 0 Å². The topological polar surface area (TPSA) is 99.6 Å². The first-order valence-electron chi connectivity index (χ1n) is 12.6. The zero-order valence-corrected chi connectivity index (χ0v) is 22.2. The highest BCUT2D eigenvalue weighted by molar-refractivity contribution is 6.05. The van der Waals surface area contributed by atoms with Crippen LogP contribution in [-0.4, -0.2) is 83.8 Å². The fraction of sp³-hybridized carbons (Fsp3) is 0.593. The zero-order valence-electron chi connectivity index (χ0n) is 22.2. The number of hydrogen-bond donors (Lipinski definition) is 1. The second kappa shape index (κ2) is 11.3. The van der Waals surface area contributed by atoms with Crippen molar-refractivity contribution in [1.82, 2.24) is 9.80 Å². The van der Waals surface area contributed by atoms with Gasteiger partial charge in [-0.25, -0.2) is 4.79 Å². The average molecular weight is 502 g/mol. The molecule has 198 valence electrons. The van der Waals surface area contributed by atoms with Gasteiger partial charge in [-0.3, -0.25) is 9.59 Å². The third-order valence-electron chi connectivity index (χ3n) is 6.71. The summed E-state index contributed by atoms with van der Waals surface area (Å²) in [5.41, 5.74) is 0.678. The summed E-state index contributed by atoms with van der Waals surface area (Å²) in [4.78, 5) is 43.8. The summed E-state index contributed by atoms with van der Waals surface area (Å²) in [7, 11) is 1.62. The van der Waals surface area contributed by atoms with Gasteiger partial charge in [-0.1, -0.05) is 12.2 Å². The third kappa shape index (κ3) is 5.67. The molecule has 0 bridgehead atoms. The lowest BCUT2D eigenvalue weighted by molar-refractivity contribution is -0.132. The summed E-state index contributed by atoms with van der Waals surface area (Å²) in [5, 5.41) is 9.52. The standard InChI is InChI=1S/C27H39N3O6/c1-7-10-19-15-23-22(29(13-9-14-35-6)25(32)27(4,5)36-23)16-21(19)24(31)30(18(2)3)20-11-8-12-28(17-20)26(33)34/h7,10,15-16,18,20H,8-9,11-14,17H2,1-6H3,(H,33,34)/b10-7+/t20-/m1/s1. The summed E-state index contributed by atoms with van der Waals surface area (Å²) in [5.74, 6) is 0.188. The van der Waals surface area contributed by atoms with Crippen molar-refractivity contribution in [3.05, 3.63) is 29.3 Å². The van der Waals surface area contributed by atoms with Gasteiger partial charge in [0.1, 0.15) is 5.75 Å². The van der Waals surface area contributed by atoms with Gasteiger partial charge in [-0.2, -0.15) is 0 Å². The average Bonchev–Trinajstić information content (AvgIpc) is 2.81. The van der Waals surface area contributed by atoms with Crippen molar-refractivity contribution < 1.29 is 29.0 Å². The molecule has 1 fully saturated rings. The molecule has 2 aliphatic rings. The lowest BCUT2D eigenvalue weighted by Crippen LogP contribution is -2.54. The van der Waals surface area contributed by atoms with E-state index < -0.39 is 11.7 Å². The third-order valence-corrected chi connectivity index (χ3v) is 6.71. The van der Waals surface area contributed by atoms with Crippen LogP contribution in [-0.2, 0) is 9.53 Å². The Morgan fingerprint density at radius 1 is 1.33 bits per heavy atom. The minimum absolute atomic E-state index is 0.139. The van der Waals surface area contributed by atoms with Crippen molar-refractivity contribution >= 4 is 29.7 Å². The molecule has 2 heterocycles. The Kier molecular flexibility index (Phi) is 8.66. The number of carbonyl (C=O) groups is 3. The van der Waals surface area contributed by atoms with Crippen molar-refractivity contribution in [2.45, 2.75) is 71.6 Å². The molecule has 36 heavy (non-hydrogen) atoms. The molecule has 1 aromatic carbocycles. The Hall–Kier alpha value is -3.07. The summed E-state index contributed by atoms with van der Waals surface area (Å²) in [6.07, 6.45) is 4.83. The van der Waals surface area contributed by atoms with Gasteiger partial charge in [0.25, 0.3) is 11.8 Å². The molecule has 1 aromatic rings. The van der Waals surface area contributed by atoms with Crippen LogP contribution in [0.15, 0.2) is 18.2 Å². The van der Waals surface area contributed by atoms with Gasteiger partial charge in [-0.15, -0.1) is 0 Å². The Balaban J connectivity index is 2.07. The Bertz CT molecular complexity index is 1020.